The van der Waals surface area contributed by atoms with Gasteiger partial charge in [-0.05, 0) is 109 Å². The third-order valence-corrected chi connectivity index (χ3v) is 12.9. The molecule has 3 atom stereocenters. The van der Waals surface area contributed by atoms with Crippen LogP contribution in [0.5, 0.6) is 0 Å². The Morgan fingerprint density at radius 2 is 1.42 bits per heavy atom. The summed E-state index contributed by atoms with van der Waals surface area (Å²) in [5.74, 6) is 0.139. The number of aromatic nitrogens is 1. The van der Waals surface area contributed by atoms with E-state index in [-0.39, 0.29) is 17.4 Å². The number of anilines is 1. The molecule has 0 saturated heterocycles. The van der Waals surface area contributed by atoms with Crippen LogP contribution in [-0.2, 0) is 5.41 Å². The highest BCUT2D eigenvalue weighted by atomic mass is 14.9. The zero-order chi connectivity index (χ0) is 36.1. The van der Waals surface area contributed by atoms with Crippen LogP contribution in [0, 0.1) is 0 Å². The van der Waals surface area contributed by atoms with Gasteiger partial charge in [0.15, 0.2) is 0 Å². The molecule has 260 valence electrons. The van der Waals surface area contributed by atoms with E-state index in [1.54, 1.807) is 5.57 Å². The van der Waals surface area contributed by atoms with E-state index >= 15 is 0 Å². The van der Waals surface area contributed by atoms with Gasteiger partial charge < -0.3 is 5.32 Å². The number of fused-ring (bicyclic) bond motifs is 12. The standard InChI is InChI=1S/C53H38N2/c1-3-13-33(14-4-1)47-29-26-35-23-24-36-27-30-48(55-52(36)51(35)54-47)38-25-28-42-45(32-38)53(43-21-11-9-19-40(43)41-20-10-12-22-44(41)53)46-31-37-17-7-8-18-39(37)49(50(42)46)34-15-5-2-6-16-34/h1-11,13-21,23-31,38,47,54H,12,22,32H2. The Hall–Kier alpha value is -6.51. The van der Waals surface area contributed by atoms with Crippen LogP contribution in [0.3, 0.4) is 0 Å². The lowest BCUT2D eigenvalue weighted by Gasteiger charge is -2.37. The third kappa shape index (κ3) is 4.34. The maximum Gasteiger partial charge on any atom is 0.0943 e. The summed E-state index contributed by atoms with van der Waals surface area (Å²) in [5.41, 5.74) is 19.6. The quantitative estimate of drug-likeness (QED) is 0.198. The number of allylic oxidation sites excluding steroid dienone is 8. The van der Waals surface area contributed by atoms with Gasteiger partial charge in [0.25, 0.3) is 0 Å². The van der Waals surface area contributed by atoms with Gasteiger partial charge in [-0.2, -0.15) is 0 Å². The summed E-state index contributed by atoms with van der Waals surface area (Å²) in [6.07, 6.45) is 17.3. The minimum Gasteiger partial charge on any atom is -0.372 e. The number of nitrogens with one attached hydrogen (secondary N) is 1. The number of hydrogen-bond donors (Lipinski definition) is 1. The van der Waals surface area contributed by atoms with Gasteiger partial charge in [-0.25, -0.2) is 4.98 Å². The molecule has 7 aromatic rings. The van der Waals surface area contributed by atoms with Crippen LogP contribution in [0.4, 0.5) is 5.69 Å². The van der Waals surface area contributed by atoms with E-state index in [1.807, 2.05) is 0 Å². The summed E-state index contributed by atoms with van der Waals surface area (Å²) < 4.78 is 0. The zero-order valence-corrected chi connectivity index (χ0v) is 30.5. The number of rotatable bonds is 3. The average molecular weight is 703 g/mol. The second-order valence-electron chi connectivity index (χ2n) is 15.7. The van der Waals surface area contributed by atoms with E-state index in [1.165, 1.54) is 72.0 Å². The van der Waals surface area contributed by atoms with E-state index in [2.05, 4.69) is 181 Å². The van der Waals surface area contributed by atoms with Gasteiger partial charge in [0.05, 0.1) is 22.7 Å². The van der Waals surface area contributed by atoms with E-state index in [0.29, 0.717) is 0 Å². The molecule has 55 heavy (non-hydrogen) atoms. The number of benzene rings is 6. The van der Waals surface area contributed by atoms with Gasteiger partial charge >= 0.3 is 0 Å². The van der Waals surface area contributed by atoms with Crippen molar-refractivity contribution in [3.8, 4) is 11.1 Å². The predicted octanol–water partition coefficient (Wildman–Crippen LogP) is 13.1. The second kappa shape index (κ2) is 11.7. The molecule has 0 fully saturated rings. The number of pyridine rings is 1. The van der Waals surface area contributed by atoms with Gasteiger partial charge in [0, 0.05) is 17.0 Å². The number of hydrogen-bond acceptors (Lipinski definition) is 2. The van der Waals surface area contributed by atoms with Crippen molar-refractivity contribution in [3.63, 3.8) is 0 Å². The Morgan fingerprint density at radius 1 is 0.618 bits per heavy atom. The normalized spacial score (nSPS) is 21.5. The lowest BCUT2D eigenvalue weighted by Crippen LogP contribution is -2.30. The molecule has 12 rings (SSSR count). The van der Waals surface area contributed by atoms with Crippen LogP contribution >= 0.6 is 0 Å². The van der Waals surface area contributed by atoms with Gasteiger partial charge in [-0.1, -0.05) is 164 Å². The van der Waals surface area contributed by atoms with E-state index < -0.39 is 0 Å². The van der Waals surface area contributed by atoms with Crippen LogP contribution in [0.1, 0.15) is 70.3 Å². The topological polar surface area (TPSA) is 24.9 Å². The third-order valence-electron chi connectivity index (χ3n) is 12.9. The van der Waals surface area contributed by atoms with E-state index in [9.17, 15) is 0 Å². The molecule has 0 saturated carbocycles. The van der Waals surface area contributed by atoms with Crippen molar-refractivity contribution in [1.29, 1.82) is 0 Å². The van der Waals surface area contributed by atoms with Crippen LogP contribution in [0.15, 0.2) is 181 Å². The molecule has 5 aliphatic rings. The Kier molecular flexibility index (Phi) is 6.60. The first-order valence-corrected chi connectivity index (χ1v) is 19.7. The molecule has 4 aliphatic carbocycles. The van der Waals surface area contributed by atoms with Crippen LogP contribution in [0.25, 0.3) is 50.0 Å². The molecule has 3 unspecified atom stereocenters. The maximum atomic E-state index is 5.56. The largest absolute Gasteiger partial charge is 0.372 e. The Morgan fingerprint density at radius 3 is 2.33 bits per heavy atom. The predicted molar refractivity (Wildman–Crippen MR) is 229 cm³/mol. The summed E-state index contributed by atoms with van der Waals surface area (Å²) >= 11 is 0. The molecule has 2 heterocycles. The van der Waals surface area contributed by atoms with Gasteiger partial charge in [0.1, 0.15) is 0 Å². The Labute approximate surface area is 321 Å². The molecular weight excluding hydrogens is 665 g/mol. The van der Waals surface area contributed by atoms with Crippen molar-refractivity contribution in [3.05, 3.63) is 220 Å². The molecule has 0 radical (unpaired) electrons. The van der Waals surface area contributed by atoms with Gasteiger partial charge in [0.2, 0.25) is 0 Å². The molecule has 2 heteroatoms. The monoisotopic (exact) mass is 702 g/mol. The smallest absolute Gasteiger partial charge is 0.0943 e. The minimum atomic E-state index is -0.330. The summed E-state index contributed by atoms with van der Waals surface area (Å²) in [6.45, 7) is 0. The van der Waals surface area contributed by atoms with Crippen molar-refractivity contribution >= 4 is 44.6 Å². The molecule has 1 aromatic heterocycles. The molecule has 0 amide bonds. The SMILES string of the molecule is C1=CC2=C(CC1)C1(C3=C(C=CC(c4ccc5ccc6c(c5n4)NC(c4ccccc4)C=C6)C3)c3c1cc1ccccc1c3-c1ccccc1)c1ccccc12. The highest BCUT2D eigenvalue weighted by Gasteiger charge is 2.55. The molecule has 1 spiro atoms. The molecule has 1 N–H and O–H groups in total. The molecule has 1 aliphatic heterocycles. The van der Waals surface area contributed by atoms with Crippen molar-refractivity contribution in [2.45, 2.75) is 36.6 Å². The zero-order valence-electron chi connectivity index (χ0n) is 30.5. The van der Waals surface area contributed by atoms with Crippen LogP contribution in [0.2, 0.25) is 0 Å². The van der Waals surface area contributed by atoms with Crippen molar-refractivity contribution in [2.24, 2.45) is 0 Å². The Balaban J connectivity index is 1.07. The first kappa shape index (κ1) is 30.9. The molecular formula is C53H38N2. The first-order valence-electron chi connectivity index (χ1n) is 19.7. The van der Waals surface area contributed by atoms with Crippen molar-refractivity contribution in [2.75, 3.05) is 5.32 Å². The number of nitrogens with zero attached hydrogens (tertiary/aromatic N) is 1. The summed E-state index contributed by atoms with van der Waals surface area (Å²) in [6, 6.07) is 51.7. The fraction of sp³-hybridized carbons (Fsp3) is 0.113. The highest BCUT2D eigenvalue weighted by molar-refractivity contribution is 6.10. The molecule has 0 bridgehead atoms. The fourth-order valence-electron chi connectivity index (χ4n) is 10.6. The highest BCUT2D eigenvalue weighted by Crippen LogP contribution is 2.66. The lowest BCUT2D eigenvalue weighted by atomic mass is 9.64. The minimum absolute atomic E-state index is 0.104. The van der Waals surface area contributed by atoms with Crippen LogP contribution < -0.4 is 5.32 Å². The summed E-state index contributed by atoms with van der Waals surface area (Å²) in [7, 11) is 0. The second-order valence-corrected chi connectivity index (χ2v) is 15.7. The van der Waals surface area contributed by atoms with E-state index in [0.717, 1.165) is 41.5 Å². The fourth-order valence-corrected chi connectivity index (χ4v) is 10.6. The Bertz CT molecular complexity index is 2920. The maximum absolute atomic E-state index is 5.56. The summed E-state index contributed by atoms with van der Waals surface area (Å²) in [5, 5.41) is 7.64. The first-order chi connectivity index (χ1) is 27.3. The lowest BCUT2D eigenvalue weighted by molar-refractivity contribution is 0.636. The molecule has 6 aromatic carbocycles. The molecule has 2 nitrogen and oxygen atoms in total. The van der Waals surface area contributed by atoms with Gasteiger partial charge in [-0.3, -0.25) is 0 Å². The van der Waals surface area contributed by atoms with Crippen molar-refractivity contribution < 1.29 is 0 Å². The van der Waals surface area contributed by atoms with Gasteiger partial charge in [-0.15, -0.1) is 0 Å². The average Bonchev–Trinajstić information content (AvgIpc) is 3.72. The van der Waals surface area contributed by atoms with E-state index in [4.69, 9.17) is 4.98 Å². The van der Waals surface area contributed by atoms with Crippen LogP contribution in [-0.4, -0.2) is 4.98 Å². The summed E-state index contributed by atoms with van der Waals surface area (Å²) in [4.78, 5) is 5.56. The van der Waals surface area contributed by atoms with Crippen molar-refractivity contribution in [1.82, 2.24) is 4.98 Å².